The van der Waals surface area contributed by atoms with E-state index in [0.29, 0.717) is 0 Å². The van der Waals surface area contributed by atoms with E-state index in [1.165, 1.54) is 18.2 Å². The van der Waals surface area contributed by atoms with Crippen molar-refractivity contribution in [2.75, 3.05) is 0 Å². The second-order valence-electron chi connectivity index (χ2n) is 3.49. The molecule has 0 aliphatic rings. The summed E-state index contributed by atoms with van der Waals surface area (Å²) in [6, 6.07) is 5.82. The fourth-order valence-corrected chi connectivity index (χ4v) is 2.47. The number of amides is 1. The van der Waals surface area contributed by atoms with Crippen LogP contribution in [0.4, 0.5) is 4.79 Å². The quantitative estimate of drug-likeness (QED) is 0.919. The van der Waals surface area contributed by atoms with Crippen molar-refractivity contribution in [1.29, 1.82) is 0 Å². The molecular formula is C10H12ClNO4S. The van der Waals surface area contributed by atoms with Crippen LogP contribution in [0.1, 0.15) is 13.8 Å². The lowest BCUT2D eigenvalue weighted by atomic mass is 10.4. The zero-order chi connectivity index (χ0) is 13.1. The summed E-state index contributed by atoms with van der Waals surface area (Å²) in [5, 5.41) is 0.0392. The van der Waals surface area contributed by atoms with Crippen molar-refractivity contribution < 1.29 is 17.9 Å². The Bertz CT molecular complexity index is 513. The maximum Gasteiger partial charge on any atom is 0.421 e. The van der Waals surface area contributed by atoms with Crippen LogP contribution in [0.15, 0.2) is 29.2 Å². The van der Waals surface area contributed by atoms with E-state index < -0.39 is 22.2 Å². The molecule has 1 rings (SSSR count). The molecule has 0 saturated heterocycles. The second kappa shape index (κ2) is 5.37. The average molecular weight is 278 g/mol. The van der Waals surface area contributed by atoms with Crippen LogP contribution in [0.3, 0.4) is 0 Å². The predicted molar refractivity (Wildman–Crippen MR) is 63.4 cm³/mol. The Labute approximate surface area is 105 Å². The van der Waals surface area contributed by atoms with Crippen LogP contribution >= 0.6 is 11.6 Å². The van der Waals surface area contributed by atoms with Crippen LogP contribution in [-0.2, 0) is 14.8 Å². The van der Waals surface area contributed by atoms with Gasteiger partial charge in [0.1, 0.15) is 4.90 Å². The van der Waals surface area contributed by atoms with E-state index in [1.54, 1.807) is 24.6 Å². The molecule has 0 unspecified atom stereocenters. The highest BCUT2D eigenvalue weighted by atomic mass is 35.5. The lowest BCUT2D eigenvalue weighted by Crippen LogP contribution is -2.32. The van der Waals surface area contributed by atoms with Gasteiger partial charge in [0.2, 0.25) is 0 Å². The number of ether oxygens (including phenoxy) is 1. The van der Waals surface area contributed by atoms with Gasteiger partial charge in [-0.25, -0.2) is 17.9 Å². The highest BCUT2D eigenvalue weighted by Crippen LogP contribution is 2.20. The number of nitrogens with one attached hydrogen (secondary N) is 1. The Kier molecular flexibility index (Phi) is 4.36. The first kappa shape index (κ1) is 13.8. The summed E-state index contributed by atoms with van der Waals surface area (Å²) in [5.41, 5.74) is 0. The number of hydrogen-bond donors (Lipinski definition) is 1. The highest BCUT2D eigenvalue weighted by Gasteiger charge is 2.21. The minimum atomic E-state index is -3.99. The van der Waals surface area contributed by atoms with Crippen molar-refractivity contribution in [1.82, 2.24) is 4.72 Å². The molecule has 7 heteroatoms. The molecule has 5 nitrogen and oxygen atoms in total. The summed E-state index contributed by atoms with van der Waals surface area (Å²) >= 11 is 5.73. The van der Waals surface area contributed by atoms with E-state index in [-0.39, 0.29) is 9.92 Å². The number of halogens is 1. The SMILES string of the molecule is CC(C)OC(=O)NS(=O)(=O)c1ccccc1Cl. The van der Waals surface area contributed by atoms with Crippen LogP contribution in [0.25, 0.3) is 0 Å². The molecule has 0 saturated carbocycles. The van der Waals surface area contributed by atoms with Gasteiger partial charge < -0.3 is 4.74 Å². The van der Waals surface area contributed by atoms with Gasteiger partial charge in [0.15, 0.2) is 0 Å². The average Bonchev–Trinajstić information content (AvgIpc) is 2.15. The first-order valence-electron chi connectivity index (χ1n) is 4.81. The number of benzene rings is 1. The monoisotopic (exact) mass is 277 g/mol. The van der Waals surface area contributed by atoms with Crippen LogP contribution in [0, 0.1) is 0 Å². The third-order valence-electron chi connectivity index (χ3n) is 1.69. The summed E-state index contributed by atoms with van der Waals surface area (Å²) in [6.07, 6.45) is -1.43. The summed E-state index contributed by atoms with van der Waals surface area (Å²) in [5.74, 6) is 0. The van der Waals surface area contributed by atoms with Crippen LogP contribution in [-0.4, -0.2) is 20.6 Å². The molecule has 1 aromatic rings. The second-order valence-corrected chi connectivity index (χ2v) is 5.55. The third kappa shape index (κ3) is 3.90. The zero-order valence-electron chi connectivity index (χ0n) is 9.31. The molecule has 1 N–H and O–H groups in total. The number of carbonyl (C=O) groups excluding carboxylic acids is 1. The van der Waals surface area contributed by atoms with Gasteiger partial charge in [0.25, 0.3) is 10.0 Å². The Morgan fingerprint density at radius 3 is 2.47 bits per heavy atom. The van der Waals surface area contributed by atoms with E-state index >= 15 is 0 Å². The summed E-state index contributed by atoms with van der Waals surface area (Å²) in [7, 11) is -3.99. The maximum absolute atomic E-state index is 11.7. The summed E-state index contributed by atoms with van der Waals surface area (Å²) in [6.45, 7) is 3.23. The van der Waals surface area contributed by atoms with Crippen molar-refractivity contribution in [3.8, 4) is 0 Å². The van der Waals surface area contributed by atoms with Crippen molar-refractivity contribution in [2.45, 2.75) is 24.8 Å². The first-order valence-corrected chi connectivity index (χ1v) is 6.67. The fraction of sp³-hybridized carbons (Fsp3) is 0.300. The van der Waals surface area contributed by atoms with Gasteiger partial charge in [-0.2, -0.15) is 0 Å². The van der Waals surface area contributed by atoms with E-state index in [4.69, 9.17) is 11.6 Å². The Hall–Kier alpha value is -1.27. The molecule has 0 aliphatic heterocycles. The van der Waals surface area contributed by atoms with Gasteiger partial charge in [0, 0.05) is 0 Å². The molecule has 94 valence electrons. The van der Waals surface area contributed by atoms with Crippen molar-refractivity contribution in [3.63, 3.8) is 0 Å². The molecular weight excluding hydrogens is 266 g/mol. The lowest BCUT2D eigenvalue weighted by molar-refractivity contribution is 0.121. The summed E-state index contributed by atoms with van der Waals surface area (Å²) in [4.78, 5) is 11.0. The van der Waals surface area contributed by atoms with Gasteiger partial charge in [-0.15, -0.1) is 0 Å². The van der Waals surface area contributed by atoms with Gasteiger partial charge in [-0.1, -0.05) is 23.7 Å². The fourth-order valence-electron chi connectivity index (χ4n) is 1.07. The van der Waals surface area contributed by atoms with E-state index in [2.05, 4.69) is 4.74 Å². The topological polar surface area (TPSA) is 72.5 Å². The molecule has 17 heavy (non-hydrogen) atoms. The minimum Gasteiger partial charge on any atom is -0.446 e. The van der Waals surface area contributed by atoms with Crippen molar-refractivity contribution in [3.05, 3.63) is 29.3 Å². The maximum atomic E-state index is 11.7. The molecule has 0 radical (unpaired) electrons. The predicted octanol–water partition coefficient (Wildman–Crippen LogP) is 2.16. The van der Waals surface area contributed by atoms with Crippen molar-refractivity contribution in [2.24, 2.45) is 0 Å². The Morgan fingerprint density at radius 1 is 1.35 bits per heavy atom. The molecule has 0 heterocycles. The highest BCUT2D eigenvalue weighted by molar-refractivity contribution is 7.90. The van der Waals surface area contributed by atoms with Gasteiger partial charge in [-0.3, -0.25) is 0 Å². The third-order valence-corrected chi connectivity index (χ3v) is 3.50. The Morgan fingerprint density at radius 2 is 1.94 bits per heavy atom. The molecule has 0 atom stereocenters. The number of sulfonamides is 1. The normalized spacial score (nSPS) is 11.3. The van der Waals surface area contributed by atoms with Crippen LogP contribution in [0.2, 0.25) is 5.02 Å². The molecule has 1 aromatic carbocycles. The first-order chi connectivity index (χ1) is 7.83. The van der Waals surface area contributed by atoms with Crippen LogP contribution < -0.4 is 4.72 Å². The largest absolute Gasteiger partial charge is 0.446 e. The molecule has 0 aliphatic carbocycles. The number of rotatable bonds is 3. The number of hydrogen-bond acceptors (Lipinski definition) is 4. The molecule has 1 amide bonds. The lowest BCUT2D eigenvalue weighted by Gasteiger charge is -2.10. The van der Waals surface area contributed by atoms with Gasteiger partial charge in [-0.05, 0) is 26.0 Å². The number of carbonyl (C=O) groups is 1. The minimum absolute atomic E-state index is 0.0392. The van der Waals surface area contributed by atoms with Gasteiger partial charge in [0.05, 0.1) is 11.1 Å². The molecule has 0 aromatic heterocycles. The van der Waals surface area contributed by atoms with Crippen molar-refractivity contribution >= 4 is 27.7 Å². The zero-order valence-corrected chi connectivity index (χ0v) is 10.9. The molecule has 0 bridgehead atoms. The van der Waals surface area contributed by atoms with Gasteiger partial charge >= 0.3 is 6.09 Å². The van der Waals surface area contributed by atoms with E-state index in [0.717, 1.165) is 0 Å². The van der Waals surface area contributed by atoms with E-state index in [9.17, 15) is 13.2 Å². The van der Waals surface area contributed by atoms with Crippen LogP contribution in [0.5, 0.6) is 0 Å². The Balaban J connectivity index is 2.91. The standard InChI is InChI=1S/C10H12ClNO4S/c1-7(2)16-10(13)12-17(14,15)9-6-4-3-5-8(9)11/h3-7H,1-2H3,(H,12,13). The molecule has 0 spiro atoms. The molecule has 0 fully saturated rings. The summed E-state index contributed by atoms with van der Waals surface area (Å²) < 4.78 is 29.9. The smallest absolute Gasteiger partial charge is 0.421 e. The van der Waals surface area contributed by atoms with E-state index in [1.807, 2.05) is 0 Å².